The third-order valence-corrected chi connectivity index (χ3v) is 2.28. The van der Waals surface area contributed by atoms with Crippen LogP contribution in [0.1, 0.15) is 32.6 Å². The fourth-order valence-electron chi connectivity index (χ4n) is 1.39. The lowest BCUT2D eigenvalue weighted by Gasteiger charge is -2.20. The quantitative estimate of drug-likeness (QED) is 0.285. The Labute approximate surface area is 91.6 Å². The van der Waals surface area contributed by atoms with Crippen LogP contribution in [0.3, 0.4) is 0 Å². The Morgan fingerprint density at radius 3 is 2.53 bits per heavy atom. The van der Waals surface area contributed by atoms with Gasteiger partial charge in [-0.15, -0.1) is 0 Å². The lowest BCUT2D eigenvalue weighted by Crippen LogP contribution is -2.32. The van der Waals surface area contributed by atoms with Gasteiger partial charge < -0.3 is 10.0 Å². The van der Waals surface area contributed by atoms with Crippen molar-refractivity contribution in [1.29, 1.82) is 0 Å². The van der Waals surface area contributed by atoms with Crippen molar-refractivity contribution in [1.82, 2.24) is 10.3 Å². The number of unbranched alkanes of at least 4 members (excludes halogenated alkanes) is 1. The van der Waals surface area contributed by atoms with Crippen molar-refractivity contribution >= 4 is 5.91 Å². The summed E-state index contributed by atoms with van der Waals surface area (Å²) in [7, 11) is 0. The van der Waals surface area contributed by atoms with Gasteiger partial charge in [0.15, 0.2) is 0 Å². The molecule has 0 aromatic rings. The van der Waals surface area contributed by atoms with E-state index in [1.807, 2.05) is 0 Å². The molecule has 0 radical (unpaired) electrons. The third kappa shape index (κ3) is 8.35. The predicted octanol–water partition coefficient (Wildman–Crippen LogP) is -0.149. The van der Waals surface area contributed by atoms with Crippen LogP contribution in [0.5, 0.6) is 0 Å². The van der Waals surface area contributed by atoms with Crippen LogP contribution < -0.4 is 11.3 Å². The maximum atomic E-state index is 10.9. The number of amides is 1. The fraction of sp³-hybridized carbons (Fsp3) is 0.900. The van der Waals surface area contributed by atoms with E-state index in [1.54, 1.807) is 0 Å². The average molecular weight is 217 g/mol. The molecule has 90 valence electrons. The van der Waals surface area contributed by atoms with Crippen LogP contribution in [0.2, 0.25) is 0 Å². The van der Waals surface area contributed by atoms with Gasteiger partial charge in [0.1, 0.15) is 0 Å². The Hall–Kier alpha value is -0.650. The van der Waals surface area contributed by atoms with Gasteiger partial charge in [-0.1, -0.05) is 13.3 Å². The highest BCUT2D eigenvalue weighted by atomic mass is 16.3. The van der Waals surface area contributed by atoms with Crippen LogP contribution in [0.25, 0.3) is 0 Å². The van der Waals surface area contributed by atoms with E-state index in [9.17, 15) is 4.79 Å². The van der Waals surface area contributed by atoms with Crippen molar-refractivity contribution in [3.8, 4) is 0 Å². The molecule has 0 atom stereocenters. The molecule has 1 amide bonds. The number of aliphatic hydroxyl groups excluding tert-OH is 1. The number of carbonyl (C=O) groups excluding carboxylic acids is 1. The summed E-state index contributed by atoms with van der Waals surface area (Å²) in [6.45, 7) is 4.82. The lowest BCUT2D eigenvalue weighted by molar-refractivity contribution is -0.121. The number of nitrogens with two attached hydrogens (primary N) is 1. The minimum absolute atomic E-state index is 0.130. The van der Waals surface area contributed by atoms with Crippen LogP contribution in [0.4, 0.5) is 0 Å². The monoisotopic (exact) mass is 217 g/mol. The van der Waals surface area contributed by atoms with Gasteiger partial charge in [0.05, 0.1) is 6.61 Å². The lowest BCUT2D eigenvalue weighted by atomic mass is 10.2. The Kier molecular flexibility index (Phi) is 9.46. The third-order valence-electron chi connectivity index (χ3n) is 2.28. The van der Waals surface area contributed by atoms with Crippen molar-refractivity contribution in [3.05, 3.63) is 0 Å². The molecule has 0 rings (SSSR count). The van der Waals surface area contributed by atoms with E-state index in [0.717, 1.165) is 32.4 Å². The van der Waals surface area contributed by atoms with E-state index in [4.69, 9.17) is 10.9 Å². The van der Waals surface area contributed by atoms with Crippen LogP contribution in [0, 0.1) is 0 Å². The van der Waals surface area contributed by atoms with Gasteiger partial charge in [0.2, 0.25) is 5.91 Å². The first kappa shape index (κ1) is 14.3. The molecule has 4 N–H and O–H groups in total. The number of hydrogen-bond donors (Lipinski definition) is 3. The molecule has 0 unspecified atom stereocenters. The molecule has 0 aliphatic rings. The summed E-state index contributed by atoms with van der Waals surface area (Å²) in [5.74, 6) is 4.84. The molecular formula is C10H23N3O2. The number of rotatable bonds is 9. The van der Waals surface area contributed by atoms with Gasteiger partial charge >= 0.3 is 0 Å². The number of nitrogens with one attached hydrogen (secondary N) is 1. The van der Waals surface area contributed by atoms with E-state index in [-0.39, 0.29) is 12.5 Å². The summed E-state index contributed by atoms with van der Waals surface area (Å²) in [4.78, 5) is 13.0. The topological polar surface area (TPSA) is 78.6 Å². The Balaban J connectivity index is 3.60. The zero-order chi connectivity index (χ0) is 11.5. The molecule has 0 aliphatic carbocycles. The van der Waals surface area contributed by atoms with Gasteiger partial charge in [0.25, 0.3) is 0 Å². The summed E-state index contributed by atoms with van der Waals surface area (Å²) in [5.41, 5.74) is 2.11. The van der Waals surface area contributed by atoms with Crippen LogP contribution in [-0.4, -0.2) is 42.2 Å². The number of aliphatic hydroxyl groups is 1. The molecule has 0 bridgehead atoms. The molecule has 0 fully saturated rings. The van der Waals surface area contributed by atoms with Crippen molar-refractivity contribution in [2.75, 3.05) is 26.2 Å². The summed E-state index contributed by atoms with van der Waals surface area (Å²) in [5, 5.41) is 8.85. The molecule has 0 aromatic carbocycles. The van der Waals surface area contributed by atoms with Gasteiger partial charge in [-0.25, -0.2) is 5.84 Å². The smallest absolute Gasteiger partial charge is 0.233 e. The molecule has 5 heteroatoms. The van der Waals surface area contributed by atoms with Gasteiger partial charge in [-0.2, -0.15) is 0 Å². The molecule has 5 nitrogen and oxygen atoms in total. The summed E-state index contributed by atoms with van der Waals surface area (Å²) in [6, 6.07) is 0. The SMILES string of the molecule is CCCCN(CCO)CCCC(=O)NN. The highest BCUT2D eigenvalue weighted by Crippen LogP contribution is 1.98. The second-order valence-electron chi connectivity index (χ2n) is 3.59. The first-order chi connectivity index (χ1) is 7.24. The number of carbonyl (C=O) groups is 1. The molecule has 15 heavy (non-hydrogen) atoms. The first-order valence-electron chi connectivity index (χ1n) is 5.57. The van der Waals surface area contributed by atoms with Gasteiger partial charge in [-0.3, -0.25) is 10.2 Å². The summed E-state index contributed by atoms with van der Waals surface area (Å²) < 4.78 is 0. The Morgan fingerprint density at radius 2 is 2.00 bits per heavy atom. The van der Waals surface area contributed by atoms with E-state index < -0.39 is 0 Å². The van der Waals surface area contributed by atoms with Crippen molar-refractivity contribution in [2.24, 2.45) is 5.84 Å². The summed E-state index contributed by atoms with van der Waals surface area (Å²) >= 11 is 0. The van der Waals surface area contributed by atoms with E-state index in [1.165, 1.54) is 0 Å². The van der Waals surface area contributed by atoms with E-state index >= 15 is 0 Å². The maximum Gasteiger partial charge on any atom is 0.233 e. The van der Waals surface area contributed by atoms with Gasteiger partial charge in [-0.05, 0) is 25.9 Å². The standard InChI is InChI=1S/C10H23N3O2/c1-2-3-6-13(8-9-14)7-4-5-10(15)12-11/h14H,2-9,11H2,1H3,(H,12,15). The molecule has 0 aliphatic heterocycles. The minimum atomic E-state index is -0.130. The average Bonchev–Trinajstić information content (AvgIpc) is 2.25. The first-order valence-corrected chi connectivity index (χ1v) is 5.57. The molecule has 0 aromatic heterocycles. The zero-order valence-corrected chi connectivity index (χ0v) is 9.54. The highest BCUT2D eigenvalue weighted by Gasteiger charge is 2.04. The molecule has 0 saturated heterocycles. The fourth-order valence-corrected chi connectivity index (χ4v) is 1.39. The number of hydrogen-bond acceptors (Lipinski definition) is 4. The van der Waals surface area contributed by atoms with Crippen LogP contribution >= 0.6 is 0 Å². The second kappa shape index (κ2) is 9.89. The maximum absolute atomic E-state index is 10.9. The van der Waals surface area contributed by atoms with Crippen LogP contribution in [-0.2, 0) is 4.79 Å². The largest absolute Gasteiger partial charge is 0.395 e. The molecule has 0 heterocycles. The Morgan fingerprint density at radius 1 is 1.33 bits per heavy atom. The normalized spacial score (nSPS) is 10.7. The summed E-state index contributed by atoms with van der Waals surface area (Å²) in [6.07, 6.45) is 3.51. The van der Waals surface area contributed by atoms with E-state index in [2.05, 4.69) is 17.2 Å². The second-order valence-corrected chi connectivity index (χ2v) is 3.59. The van der Waals surface area contributed by atoms with Crippen LogP contribution in [0.15, 0.2) is 0 Å². The van der Waals surface area contributed by atoms with Crippen molar-refractivity contribution < 1.29 is 9.90 Å². The van der Waals surface area contributed by atoms with E-state index in [0.29, 0.717) is 13.0 Å². The zero-order valence-electron chi connectivity index (χ0n) is 9.54. The molecule has 0 saturated carbocycles. The number of nitrogens with zero attached hydrogens (tertiary/aromatic N) is 1. The highest BCUT2D eigenvalue weighted by molar-refractivity contribution is 5.75. The molecular weight excluding hydrogens is 194 g/mol. The Bertz CT molecular complexity index is 165. The van der Waals surface area contributed by atoms with Crippen molar-refractivity contribution in [3.63, 3.8) is 0 Å². The minimum Gasteiger partial charge on any atom is -0.395 e. The molecule has 0 spiro atoms. The van der Waals surface area contributed by atoms with Gasteiger partial charge in [0, 0.05) is 13.0 Å². The number of hydrazine groups is 1. The van der Waals surface area contributed by atoms with Crippen molar-refractivity contribution in [2.45, 2.75) is 32.6 Å². The predicted molar refractivity (Wildman–Crippen MR) is 60.0 cm³/mol.